The van der Waals surface area contributed by atoms with Gasteiger partial charge >= 0.3 is 12.6 Å². The molecule has 2 rings (SSSR count). The van der Waals surface area contributed by atoms with E-state index in [1.54, 1.807) is 0 Å². The van der Waals surface area contributed by atoms with E-state index in [2.05, 4.69) is 15.4 Å². The van der Waals surface area contributed by atoms with Crippen LogP contribution in [0.25, 0.3) is 0 Å². The van der Waals surface area contributed by atoms with Gasteiger partial charge in [0.15, 0.2) is 0 Å². The number of alkyl halides is 2. The van der Waals surface area contributed by atoms with Crippen molar-refractivity contribution in [1.29, 1.82) is 0 Å². The van der Waals surface area contributed by atoms with Crippen LogP contribution in [0, 0.1) is 5.82 Å². The van der Waals surface area contributed by atoms with Crippen molar-refractivity contribution in [2.24, 2.45) is 0 Å². The smallest absolute Gasteiger partial charge is 0.387 e. The Kier molecular flexibility index (Phi) is 5.11. The Hall–Kier alpha value is -2.41. The standard InChI is InChI=1S/C14H10ClF3N2O2/c15-11-7-10(5-6-12(11)22-13(17)18)20-14(21)19-9-3-1-8(16)2-4-9/h1-7,13H,(H2,19,20,21). The lowest BCUT2D eigenvalue weighted by Crippen LogP contribution is -2.19. The minimum absolute atomic E-state index is 0.0696. The molecule has 0 bridgehead atoms. The fourth-order valence-electron chi connectivity index (χ4n) is 1.60. The lowest BCUT2D eigenvalue weighted by Gasteiger charge is -2.10. The van der Waals surface area contributed by atoms with Gasteiger partial charge in [0, 0.05) is 11.4 Å². The molecule has 0 heterocycles. The number of halogens is 4. The normalized spacial score (nSPS) is 10.4. The molecule has 116 valence electrons. The summed E-state index contributed by atoms with van der Waals surface area (Å²) in [5.74, 6) is -0.617. The van der Waals surface area contributed by atoms with Gasteiger partial charge in [-0.3, -0.25) is 0 Å². The molecule has 0 spiro atoms. The van der Waals surface area contributed by atoms with Crippen LogP contribution in [-0.2, 0) is 0 Å². The molecule has 0 atom stereocenters. The summed E-state index contributed by atoms with van der Waals surface area (Å²) in [6.07, 6.45) is 0. The molecule has 0 saturated carbocycles. The molecule has 8 heteroatoms. The van der Waals surface area contributed by atoms with Gasteiger partial charge < -0.3 is 15.4 Å². The maximum absolute atomic E-state index is 12.7. The summed E-state index contributed by atoms with van der Waals surface area (Å²) in [5, 5.41) is 4.86. The van der Waals surface area contributed by atoms with Gasteiger partial charge in [0.1, 0.15) is 11.6 Å². The Balaban J connectivity index is 1.99. The van der Waals surface area contributed by atoms with Crippen molar-refractivity contribution in [1.82, 2.24) is 0 Å². The summed E-state index contributed by atoms with van der Waals surface area (Å²) in [6, 6.07) is 8.42. The number of benzene rings is 2. The lowest BCUT2D eigenvalue weighted by atomic mass is 10.3. The molecular formula is C14H10ClF3N2O2. The molecule has 0 aliphatic heterocycles. The van der Waals surface area contributed by atoms with Crippen molar-refractivity contribution in [2.75, 3.05) is 10.6 Å². The van der Waals surface area contributed by atoms with E-state index in [0.717, 1.165) is 0 Å². The molecule has 0 aromatic heterocycles. The molecule has 22 heavy (non-hydrogen) atoms. The molecule has 2 amide bonds. The molecule has 0 fully saturated rings. The SMILES string of the molecule is O=C(Nc1ccc(F)cc1)Nc1ccc(OC(F)F)c(Cl)c1. The van der Waals surface area contributed by atoms with Crippen molar-refractivity contribution < 1.29 is 22.7 Å². The first-order valence-corrected chi connectivity index (χ1v) is 6.40. The number of nitrogens with one attached hydrogen (secondary N) is 2. The second-order valence-electron chi connectivity index (χ2n) is 4.11. The van der Waals surface area contributed by atoms with Gasteiger partial charge in [0.2, 0.25) is 0 Å². The van der Waals surface area contributed by atoms with Crippen LogP contribution < -0.4 is 15.4 Å². The summed E-state index contributed by atoms with van der Waals surface area (Å²) in [5.41, 5.74) is 0.675. The van der Waals surface area contributed by atoms with Gasteiger partial charge in [-0.25, -0.2) is 9.18 Å². The fourth-order valence-corrected chi connectivity index (χ4v) is 1.82. The van der Waals surface area contributed by atoms with E-state index in [1.165, 1.54) is 42.5 Å². The number of ether oxygens (including phenoxy) is 1. The van der Waals surface area contributed by atoms with Crippen LogP contribution in [0.15, 0.2) is 42.5 Å². The molecule has 0 aliphatic carbocycles. The number of carbonyl (C=O) groups is 1. The van der Waals surface area contributed by atoms with Crippen molar-refractivity contribution in [3.05, 3.63) is 53.3 Å². The second kappa shape index (κ2) is 7.04. The number of carbonyl (C=O) groups excluding carboxylic acids is 1. The summed E-state index contributed by atoms with van der Waals surface area (Å²) in [7, 11) is 0. The Labute approximate surface area is 128 Å². The second-order valence-corrected chi connectivity index (χ2v) is 4.52. The fraction of sp³-hybridized carbons (Fsp3) is 0.0714. The average molecular weight is 331 g/mol. The highest BCUT2D eigenvalue weighted by atomic mass is 35.5. The molecule has 0 aliphatic rings. The van der Waals surface area contributed by atoms with Gasteiger partial charge in [-0.2, -0.15) is 8.78 Å². The van der Waals surface area contributed by atoms with E-state index < -0.39 is 18.5 Å². The molecule has 4 nitrogen and oxygen atoms in total. The van der Waals surface area contributed by atoms with Crippen LogP contribution in [0.3, 0.4) is 0 Å². The van der Waals surface area contributed by atoms with Crippen molar-refractivity contribution in [3.8, 4) is 5.75 Å². The van der Waals surface area contributed by atoms with Gasteiger partial charge in [-0.05, 0) is 42.5 Å². The van der Waals surface area contributed by atoms with E-state index >= 15 is 0 Å². The number of amides is 2. The highest BCUT2D eigenvalue weighted by molar-refractivity contribution is 6.32. The maximum atomic E-state index is 12.7. The molecule has 2 aromatic rings. The average Bonchev–Trinajstić information content (AvgIpc) is 2.44. The Morgan fingerprint density at radius 2 is 1.64 bits per heavy atom. The molecule has 0 saturated heterocycles. The van der Waals surface area contributed by atoms with Crippen LogP contribution in [0.1, 0.15) is 0 Å². The summed E-state index contributed by atoms with van der Waals surface area (Å²) in [4.78, 5) is 11.7. The zero-order chi connectivity index (χ0) is 16.1. The van der Waals surface area contributed by atoms with Crippen LogP contribution in [0.2, 0.25) is 5.02 Å². The van der Waals surface area contributed by atoms with Crippen LogP contribution >= 0.6 is 11.6 Å². The van der Waals surface area contributed by atoms with E-state index in [-0.39, 0.29) is 16.5 Å². The minimum atomic E-state index is -2.99. The third kappa shape index (κ3) is 4.56. The minimum Gasteiger partial charge on any atom is -0.433 e. The van der Waals surface area contributed by atoms with Crippen molar-refractivity contribution in [3.63, 3.8) is 0 Å². The van der Waals surface area contributed by atoms with E-state index in [0.29, 0.717) is 5.69 Å². The molecule has 0 radical (unpaired) electrons. The lowest BCUT2D eigenvalue weighted by molar-refractivity contribution is -0.0497. The molecule has 0 unspecified atom stereocenters. The van der Waals surface area contributed by atoms with E-state index in [9.17, 15) is 18.0 Å². The van der Waals surface area contributed by atoms with E-state index in [1.807, 2.05) is 0 Å². The third-order valence-electron chi connectivity index (χ3n) is 2.51. The number of rotatable bonds is 4. The number of hydrogen-bond donors (Lipinski definition) is 2. The third-order valence-corrected chi connectivity index (χ3v) is 2.80. The molecule has 2 N–H and O–H groups in total. The predicted molar refractivity (Wildman–Crippen MR) is 77.1 cm³/mol. The first kappa shape index (κ1) is 16.0. The Bertz CT molecular complexity index is 666. The van der Waals surface area contributed by atoms with Gasteiger partial charge in [0.25, 0.3) is 0 Å². The van der Waals surface area contributed by atoms with E-state index in [4.69, 9.17) is 11.6 Å². The number of urea groups is 1. The first-order valence-electron chi connectivity index (χ1n) is 6.02. The van der Waals surface area contributed by atoms with Crippen LogP contribution in [0.4, 0.5) is 29.3 Å². The Morgan fingerprint density at radius 3 is 2.23 bits per heavy atom. The van der Waals surface area contributed by atoms with Crippen LogP contribution in [-0.4, -0.2) is 12.6 Å². The van der Waals surface area contributed by atoms with Crippen molar-refractivity contribution in [2.45, 2.75) is 6.61 Å². The zero-order valence-corrected chi connectivity index (χ0v) is 11.7. The highest BCUT2D eigenvalue weighted by Crippen LogP contribution is 2.29. The first-order chi connectivity index (χ1) is 10.4. The molecule has 2 aromatic carbocycles. The van der Waals surface area contributed by atoms with Crippen LogP contribution in [0.5, 0.6) is 5.75 Å². The number of anilines is 2. The summed E-state index contributed by atoms with van der Waals surface area (Å²) >= 11 is 5.76. The van der Waals surface area contributed by atoms with Gasteiger partial charge in [-0.15, -0.1) is 0 Å². The number of hydrogen-bond acceptors (Lipinski definition) is 2. The predicted octanol–water partition coefficient (Wildman–Crippen LogP) is 4.72. The molecular weight excluding hydrogens is 321 g/mol. The maximum Gasteiger partial charge on any atom is 0.387 e. The van der Waals surface area contributed by atoms with Gasteiger partial charge in [-0.1, -0.05) is 11.6 Å². The van der Waals surface area contributed by atoms with Gasteiger partial charge in [0.05, 0.1) is 5.02 Å². The highest BCUT2D eigenvalue weighted by Gasteiger charge is 2.10. The Morgan fingerprint density at radius 1 is 1.05 bits per heavy atom. The summed E-state index contributed by atoms with van der Waals surface area (Å²) in [6.45, 7) is -2.99. The quantitative estimate of drug-likeness (QED) is 0.852. The van der Waals surface area contributed by atoms with Crippen molar-refractivity contribution >= 4 is 29.0 Å². The monoisotopic (exact) mass is 330 g/mol. The summed E-state index contributed by atoms with van der Waals surface area (Å²) < 4.78 is 41.1. The topological polar surface area (TPSA) is 50.4 Å². The largest absolute Gasteiger partial charge is 0.433 e. The zero-order valence-electron chi connectivity index (χ0n) is 10.9.